The van der Waals surface area contributed by atoms with Crippen LogP contribution >= 0.6 is 22.6 Å². The maximum Gasteiger partial charge on any atom is 0.310 e. The number of carbonyl (C=O) groups is 1. The standard InChI is InChI=1S/C11H9F2IN2O2/c1-2-18-9(17)3-6-7(11(12)13)5-16-8(4-15)10(6)14/h5,11H,2-3H2,1H3. The number of pyridine rings is 1. The molecule has 0 aliphatic heterocycles. The second-order valence-corrected chi connectivity index (χ2v) is 4.33. The Hall–Kier alpha value is -1.30. The van der Waals surface area contributed by atoms with Crippen LogP contribution in [-0.2, 0) is 16.0 Å². The second kappa shape index (κ2) is 6.58. The van der Waals surface area contributed by atoms with Crippen LogP contribution in [0.2, 0.25) is 0 Å². The zero-order valence-electron chi connectivity index (χ0n) is 9.41. The third kappa shape index (κ3) is 3.35. The number of nitriles is 1. The molecule has 0 unspecified atom stereocenters. The predicted octanol–water partition coefficient (Wildman–Crippen LogP) is 2.60. The number of alkyl halides is 2. The molecule has 96 valence electrons. The first kappa shape index (κ1) is 14.8. The summed E-state index contributed by atoms with van der Waals surface area (Å²) in [7, 11) is 0. The van der Waals surface area contributed by atoms with E-state index in [-0.39, 0.29) is 33.4 Å². The number of hydrogen-bond donors (Lipinski definition) is 0. The van der Waals surface area contributed by atoms with Gasteiger partial charge in [0.1, 0.15) is 6.07 Å². The summed E-state index contributed by atoms with van der Waals surface area (Å²) in [5, 5.41) is 8.79. The van der Waals surface area contributed by atoms with Crippen molar-refractivity contribution >= 4 is 28.6 Å². The fourth-order valence-electron chi connectivity index (χ4n) is 1.34. The van der Waals surface area contributed by atoms with Gasteiger partial charge in [-0.15, -0.1) is 0 Å². The van der Waals surface area contributed by atoms with Gasteiger partial charge in [-0.3, -0.25) is 4.79 Å². The SMILES string of the molecule is CCOC(=O)Cc1c(C(F)F)cnc(C#N)c1I. The van der Waals surface area contributed by atoms with Crippen molar-refractivity contribution in [2.24, 2.45) is 0 Å². The van der Waals surface area contributed by atoms with E-state index in [0.29, 0.717) is 0 Å². The topological polar surface area (TPSA) is 63.0 Å². The van der Waals surface area contributed by atoms with Gasteiger partial charge in [0.05, 0.1) is 16.6 Å². The molecule has 7 heteroatoms. The first-order chi connectivity index (χ1) is 8.51. The Labute approximate surface area is 116 Å². The average Bonchev–Trinajstić information content (AvgIpc) is 2.31. The number of esters is 1. The van der Waals surface area contributed by atoms with Crippen molar-refractivity contribution in [3.8, 4) is 6.07 Å². The van der Waals surface area contributed by atoms with Gasteiger partial charge in [-0.05, 0) is 35.1 Å². The molecule has 1 rings (SSSR count). The zero-order chi connectivity index (χ0) is 13.7. The van der Waals surface area contributed by atoms with E-state index in [0.717, 1.165) is 6.20 Å². The molecule has 0 aliphatic carbocycles. The van der Waals surface area contributed by atoms with Gasteiger partial charge in [-0.25, -0.2) is 13.8 Å². The molecule has 0 amide bonds. The summed E-state index contributed by atoms with van der Waals surface area (Å²) in [5.74, 6) is -0.604. The van der Waals surface area contributed by atoms with Gasteiger partial charge in [0.15, 0.2) is 5.69 Å². The lowest BCUT2D eigenvalue weighted by molar-refractivity contribution is -0.142. The zero-order valence-corrected chi connectivity index (χ0v) is 11.6. The van der Waals surface area contributed by atoms with Crippen molar-refractivity contribution in [2.45, 2.75) is 19.8 Å². The molecule has 1 heterocycles. The molecule has 1 aromatic rings. The number of carbonyl (C=O) groups excluding carboxylic acids is 1. The molecule has 0 aromatic carbocycles. The third-order valence-corrected chi connectivity index (χ3v) is 3.28. The lowest BCUT2D eigenvalue weighted by atomic mass is 10.1. The molecule has 0 saturated heterocycles. The number of hydrogen-bond acceptors (Lipinski definition) is 4. The minimum Gasteiger partial charge on any atom is -0.466 e. The first-order valence-electron chi connectivity index (χ1n) is 5.02. The van der Waals surface area contributed by atoms with Gasteiger partial charge in [0, 0.05) is 11.8 Å². The molecule has 0 bridgehead atoms. The van der Waals surface area contributed by atoms with Crippen LogP contribution in [0.4, 0.5) is 8.78 Å². The molecule has 0 N–H and O–H groups in total. The highest BCUT2D eigenvalue weighted by Gasteiger charge is 2.21. The highest BCUT2D eigenvalue weighted by molar-refractivity contribution is 14.1. The van der Waals surface area contributed by atoms with E-state index >= 15 is 0 Å². The molecule has 18 heavy (non-hydrogen) atoms. The molecule has 1 aromatic heterocycles. The quantitative estimate of drug-likeness (QED) is 0.607. The lowest BCUT2D eigenvalue weighted by Gasteiger charge is -2.11. The molecular weight excluding hydrogens is 357 g/mol. The fraction of sp³-hybridized carbons (Fsp3) is 0.364. The number of nitrogens with zero attached hydrogens (tertiary/aromatic N) is 2. The van der Waals surface area contributed by atoms with Crippen molar-refractivity contribution in [1.29, 1.82) is 5.26 Å². The Bertz CT molecular complexity index is 501. The number of aromatic nitrogens is 1. The maximum atomic E-state index is 12.8. The van der Waals surface area contributed by atoms with Gasteiger partial charge < -0.3 is 4.74 Å². The van der Waals surface area contributed by atoms with Crippen molar-refractivity contribution in [2.75, 3.05) is 6.61 Å². The van der Waals surface area contributed by atoms with Crippen molar-refractivity contribution in [3.63, 3.8) is 0 Å². The molecular formula is C11H9F2IN2O2. The molecule has 0 radical (unpaired) electrons. The van der Waals surface area contributed by atoms with Crippen LogP contribution in [0.25, 0.3) is 0 Å². The molecule has 4 nitrogen and oxygen atoms in total. The smallest absolute Gasteiger partial charge is 0.310 e. The van der Waals surface area contributed by atoms with E-state index < -0.39 is 12.4 Å². The monoisotopic (exact) mass is 366 g/mol. The Balaban J connectivity index is 3.20. The van der Waals surface area contributed by atoms with Crippen molar-refractivity contribution in [3.05, 3.63) is 26.6 Å². The van der Waals surface area contributed by atoms with E-state index in [9.17, 15) is 13.6 Å². The van der Waals surface area contributed by atoms with Crippen LogP contribution in [0.5, 0.6) is 0 Å². The van der Waals surface area contributed by atoms with Crippen LogP contribution in [0.3, 0.4) is 0 Å². The lowest BCUT2D eigenvalue weighted by Crippen LogP contribution is -2.12. The van der Waals surface area contributed by atoms with Crippen LogP contribution < -0.4 is 0 Å². The number of ether oxygens (including phenoxy) is 1. The summed E-state index contributed by atoms with van der Waals surface area (Å²) >= 11 is 1.74. The van der Waals surface area contributed by atoms with Gasteiger partial charge >= 0.3 is 5.97 Å². The maximum absolute atomic E-state index is 12.8. The molecule has 0 saturated carbocycles. The normalized spacial score (nSPS) is 10.2. The Morgan fingerprint density at radius 2 is 2.33 bits per heavy atom. The molecule has 0 aliphatic rings. The van der Waals surface area contributed by atoms with Gasteiger partial charge in [0.2, 0.25) is 0 Å². The number of rotatable bonds is 4. The highest BCUT2D eigenvalue weighted by Crippen LogP contribution is 2.27. The molecule has 0 fully saturated rings. The van der Waals surface area contributed by atoms with E-state index in [1.54, 1.807) is 35.6 Å². The Kier molecular flexibility index (Phi) is 5.40. The van der Waals surface area contributed by atoms with Crippen LogP contribution in [0.15, 0.2) is 6.20 Å². The number of halogens is 3. The predicted molar refractivity (Wildman–Crippen MR) is 67.0 cm³/mol. The summed E-state index contributed by atoms with van der Waals surface area (Å²) in [6.45, 7) is 1.81. The summed E-state index contributed by atoms with van der Waals surface area (Å²) < 4.78 is 30.6. The largest absolute Gasteiger partial charge is 0.466 e. The summed E-state index contributed by atoms with van der Waals surface area (Å²) in [6.07, 6.45) is -2.11. The summed E-state index contributed by atoms with van der Waals surface area (Å²) in [5.41, 5.74) is -0.207. The summed E-state index contributed by atoms with van der Waals surface area (Å²) in [4.78, 5) is 15.0. The summed E-state index contributed by atoms with van der Waals surface area (Å²) in [6, 6.07) is 1.79. The van der Waals surface area contributed by atoms with Gasteiger partial charge in [-0.1, -0.05) is 0 Å². The van der Waals surface area contributed by atoms with E-state index in [1.807, 2.05) is 0 Å². The minimum absolute atomic E-state index is 0.0271. The van der Waals surface area contributed by atoms with E-state index in [4.69, 9.17) is 10.00 Å². The first-order valence-corrected chi connectivity index (χ1v) is 6.10. The highest BCUT2D eigenvalue weighted by atomic mass is 127. The third-order valence-electron chi connectivity index (χ3n) is 2.12. The van der Waals surface area contributed by atoms with Gasteiger partial charge in [-0.2, -0.15) is 5.26 Å². The molecule has 0 spiro atoms. The van der Waals surface area contributed by atoms with Crippen LogP contribution in [-0.4, -0.2) is 17.6 Å². The van der Waals surface area contributed by atoms with Crippen LogP contribution in [0.1, 0.15) is 30.2 Å². The van der Waals surface area contributed by atoms with Crippen molar-refractivity contribution in [1.82, 2.24) is 4.98 Å². The molecule has 0 atom stereocenters. The van der Waals surface area contributed by atoms with E-state index in [1.165, 1.54) is 0 Å². The Morgan fingerprint density at radius 3 is 2.83 bits per heavy atom. The van der Waals surface area contributed by atoms with Gasteiger partial charge in [0.25, 0.3) is 6.43 Å². The van der Waals surface area contributed by atoms with Crippen LogP contribution in [0, 0.1) is 14.9 Å². The second-order valence-electron chi connectivity index (χ2n) is 3.25. The Morgan fingerprint density at radius 1 is 1.67 bits per heavy atom. The average molecular weight is 366 g/mol. The fourth-order valence-corrected chi connectivity index (χ4v) is 2.10. The van der Waals surface area contributed by atoms with Crippen molar-refractivity contribution < 1.29 is 18.3 Å². The minimum atomic E-state index is -2.75. The van der Waals surface area contributed by atoms with E-state index in [2.05, 4.69) is 4.98 Å².